The van der Waals surface area contributed by atoms with E-state index in [9.17, 15) is 0 Å². The van der Waals surface area contributed by atoms with Crippen LogP contribution in [0.25, 0.3) is 21.3 Å². The molecule has 4 heteroatoms. The van der Waals surface area contributed by atoms with Crippen molar-refractivity contribution in [3.05, 3.63) is 41.0 Å². The Labute approximate surface area is 122 Å². The maximum absolute atomic E-state index is 4.77. The van der Waals surface area contributed by atoms with Crippen molar-refractivity contribution in [1.82, 2.24) is 9.97 Å². The molecule has 0 aliphatic rings. The first kappa shape index (κ1) is 13.1. The van der Waals surface area contributed by atoms with Crippen molar-refractivity contribution in [3.63, 3.8) is 0 Å². The van der Waals surface area contributed by atoms with E-state index in [0.29, 0.717) is 0 Å². The summed E-state index contributed by atoms with van der Waals surface area (Å²) in [6.07, 6.45) is 0. The number of benzene rings is 1. The molecule has 0 amide bonds. The zero-order chi connectivity index (χ0) is 14.1. The first-order valence-corrected chi connectivity index (χ1v) is 7.64. The minimum atomic E-state index is 0.838. The molecular weight excluding hydrogens is 266 g/mol. The van der Waals surface area contributed by atoms with E-state index in [4.69, 9.17) is 4.98 Å². The molecule has 0 bridgehead atoms. The van der Waals surface area contributed by atoms with Gasteiger partial charge in [0, 0.05) is 16.8 Å². The number of nitrogens with zero attached hydrogens (tertiary/aromatic N) is 2. The summed E-state index contributed by atoms with van der Waals surface area (Å²) >= 11 is 1.75. The highest BCUT2D eigenvalue weighted by Crippen LogP contribution is 2.34. The van der Waals surface area contributed by atoms with Crippen LogP contribution in [0, 0.1) is 13.8 Å². The predicted octanol–water partition coefficient (Wildman–Crippen LogP) is 4.41. The minimum absolute atomic E-state index is 0.838. The largest absolute Gasteiger partial charge is 0.369 e. The number of anilines is 1. The van der Waals surface area contributed by atoms with Crippen LogP contribution in [-0.4, -0.2) is 16.5 Å². The topological polar surface area (TPSA) is 37.8 Å². The highest BCUT2D eigenvalue weighted by molar-refractivity contribution is 7.17. The maximum Gasteiger partial charge on any atom is 0.152 e. The normalized spacial score (nSPS) is 10.9. The molecule has 1 N–H and O–H groups in total. The quantitative estimate of drug-likeness (QED) is 0.774. The Kier molecular flexibility index (Phi) is 3.40. The Morgan fingerprint density at radius 3 is 2.70 bits per heavy atom. The van der Waals surface area contributed by atoms with Gasteiger partial charge in [0.15, 0.2) is 5.82 Å². The summed E-state index contributed by atoms with van der Waals surface area (Å²) in [5.74, 6) is 0.872. The molecule has 0 spiro atoms. The summed E-state index contributed by atoms with van der Waals surface area (Å²) in [6, 6.07) is 8.48. The highest BCUT2D eigenvalue weighted by atomic mass is 32.1. The summed E-state index contributed by atoms with van der Waals surface area (Å²) in [4.78, 5) is 9.43. The van der Waals surface area contributed by atoms with Crippen molar-refractivity contribution >= 4 is 27.2 Å². The molecule has 102 valence electrons. The Balaban J connectivity index is 2.27. The lowest BCUT2D eigenvalue weighted by molar-refractivity contribution is 1.03. The molecule has 0 aliphatic heterocycles. The first-order valence-electron chi connectivity index (χ1n) is 6.76. The van der Waals surface area contributed by atoms with Gasteiger partial charge in [0.25, 0.3) is 0 Å². The van der Waals surface area contributed by atoms with E-state index in [1.165, 1.54) is 10.1 Å². The fraction of sp³-hybridized carbons (Fsp3) is 0.250. The highest BCUT2D eigenvalue weighted by Gasteiger charge is 2.13. The summed E-state index contributed by atoms with van der Waals surface area (Å²) in [7, 11) is 0. The maximum atomic E-state index is 4.77. The third-order valence-electron chi connectivity index (χ3n) is 3.39. The average molecular weight is 283 g/mol. The van der Waals surface area contributed by atoms with Gasteiger partial charge in [0.1, 0.15) is 5.69 Å². The first-order chi connectivity index (χ1) is 9.70. The van der Waals surface area contributed by atoms with Crippen molar-refractivity contribution in [2.45, 2.75) is 20.8 Å². The van der Waals surface area contributed by atoms with Crippen molar-refractivity contribution in [1.29, 1.82) is 0 Å². The van der Waals surface area contributed by atoms with Gasteiger partial charge in [-0.05, 0) is 37.6 Å². The van der Waals surface area contributed by atoms with Gasteiger partial charge in [-0.3, -0.25) is 0 Å². The Morgan fingerprint density at radius 2 is 1.90 bits per heavy atom. The van der Waals surface area contributed by atoms with E-state index >= 15 is 0 Å². The zero-order valence-electron chi connectivity index (χ0n) is 11.9. The summed E-state index contributed by atoms with van der Waals surface area (Å²) in [5, 5.41) is 6.71. The van der Waals surface area contributed by atoms with E-state index in [1.807, 2.05) is 13.8 Å². The van der Waals surface area contributed by atoms with E-state index < -0.39 is 0 Å². The number of nitrogens with one attached hydrogen (secondary N) is 1. The van der Waals surface area contributed by atoms with Crippen LogP contribution in [0.5, 0.6) is 0 Å². The molecule has 0 radical (unpaired) electrons. The van der Waals surface area contributed by atoms with Crippen molar-refractivity contribution in [2.24, 2.45) is 0 Å². The third-order valence-corrected chi connectivity index (χ3v) is 4.35. The SMILES string of the molecule is CCNc1nc(C)c(C)nc1-c1cccc2ccsc12. The summed E-state index contributed by atoms with van der Waals surface area (Å²) in [5.41, 5.74) is 4.06. The van der Waals surface area contributed by atoms with E-state index in [1.54, 1.807) is 11.3 Å². The van der Waals surface area contributed by atoms with E-state index in [-0.39, 0.29) is 0 Å². The smallest absolute Gasteiger partial charge is 0.152 e. The monoisotopic (exact) mass is 283 g/mol. The molecule has 3 rings (SSSR count). The second-order valence-corrected chi connectivity index (χ2v) is 5.68. The molecule has 0 atom stereocenters. The van der Waals surface area contributed by atoms with Crippen LogP contribution in [0.3, 0.4) is 0 Å². The van der Waals surface area contributed by atoms with Crippen LogP contribution >= 0.6 is 11.3 Å². The summed E-state index contributed by atoms with van der Waals surface area (Å²) < 4.78 is 1.27. The Bertz CT molecular complexity index is 762. The zero-order valence-corrected chi connectivity index (χ0v) is 12.7. The van der Waals surface area contributed by atoms with Gasteiger partial charge in [-0.2, -0.15) is 0 Å². The molecule has 0 fully saturated rings. The Hall–Kier alpha value is -1.94. The molecule has 0 aliphatic carbocycles. The number of aromatic nitrogens is 2. The van der Waals surface area contributed by atoms with Crippen molar-refractivity contribution in [2.75, 3.05) is 11.9 Å². The number of rotatable bonds is 3. The molecule has 0 saturated heterocycles. The minimum Gasteiger partial charge on any atom is -0.369 e. The molecule has 2 heterocycles. The standard InChI is InChI=1S/C16H17N3S/c1-4-17-16-14(18-10(2)11(3)19-16)13-7-5-6-12-8-9-20-15(12)13/h5-9H,4H2,1-3H3,(H,17,19). The van der Waals surface area contributed by atoms with E-state index in [0.717, 1.165) is 35.0 Å². The molecule has 3 aromatic rings. The molecule has 2 aromatic heterocycles. The molecule has 0 saturated carbocycles. The number of hydrogen-bond acceptors (Lipinski definition) is 4. The number of thiophene rings is 1. The average Bonchev–Trinajstić information content (AvgIpc) is 2.91. The van der Waals surface area contributed by atoms with Gasteiger partial charge in [-0.25, -0.2) is 9.97 Å². The molecule has 0 unspecified atom stereocenters. The molecule has 3 nitrogen and oxygen atoms in total. The van der Waals surface area contributed by atoms with Gasteiger partial charge in [-0.1, -0.05) is 18.2 Å². The van der Waals surface area contributed by atoms with Crippen molar-refractivity contribution in [3.8, 4) is 11.3 Å². The fourth-order valence-corrected chi connectivity index (χ4v) is 3.18. The molecule has 1 aromatic carbocycles. The van der Waals surface area contributed by atoms with Gasteiger partial charge in [0.05, 0.1) is 11.4 Å². The summed E-state index contributed by atoms with van der Waals surface area (Å²) in [6.45, 7) is 6.92. The lowest BCUT2D eigenvalue weighted by atomic mass is 10.1. The molecule has 20 heavy (non-hydrogen) atoms. The molecular formula is C16H17N3S. The second-order valence-electron chi connectivity index (χ2n) is 4.77. The number of aryl methyl sites for hydroxylation is 2. The number of hydrogen-bond donors (Lipinski definition) is 1. The third kappa shape index (κ3) is 2.16. The lowest BCUT2D eigenvalue weighted by Gasteiger charge is -2.12. The van der Waals surface area contributed by atoms with Gasteiger partial charge in [0.2, 0.25) is 0 Å². The fourth-order valence-electron chi connectivity index (χ4n) is 2.26. The van der Waals surface area contributed by atoms with Crippen LogP contribution in [0.2, 0.25) is 0 Å². The lowest BCUT2D eigenvalue weighted by Crippen LogP contribution is -2.06. The van der Waals surface area contributed by atoms with Crippen LogP contribution < -0.4 is 5.32 Å². The van der Waals surface area contributed by atoms with Crippen LogP contribution in [0.1, 0.15) is 18.3 Å². The number of fused-ring (bicyclic) bond motifs is 1. The second kappa shape index (κ2) is 5.21. The van der Waals surface area contributed by atoms with Gasteiger partial charge >= 0.3 is 0 Å². The predicted molar refractivity (Wildman–Crippen MR) is 86.5 cm³/mol. The van der Waals surface area contributed by atoms with Crippen LogP contribution in [-0.2, 0) is 0 Å². The van der Waals surface area contributed by atoms with Crippen LogP contribution in [0.4, 0.5) is 5.82 Å². The van der Waals surface area contributed by atoms with Gasteiger partial charge in [-0.15, -0.1) is 11.3 Å². The van der Waals surface area contributed by atoms with E-state index in [2.05, 4.69) is 46.9 Å². The van der Waals surface area contributed by atoms with Crippen molar-refractivity contribution < 1.29 is 0 Å². The van der Waals surface area contributed by atoms with Gasteiger partial charge < -0.3 is 5.32 Å². The Morgan fingerprint density at radius 1 is 1.10 bits per heavy atom. The van der Waals surface area contributed by atoms with Crippen LogP contribution in [0.15, 0.2) is 29.6 Å².